The van der Waals surface area contributed by atoms with E-state index >= 15 is 0 Å². The molecule has 0 bridgehead atoms. The van der Waals surface area contributed by atoms with Gasteiger partial charge in [-0.25, -0.2) is 15.0 Å². The third kappa shape index (κ3) is 1.68. The van der Waals surface area contributed by atoms with E-state index in [1.807, 2.05) is 0 Å². The highest BCUT2D eigenvalue weighted by atomic mass is 16.6. The average molecular weight is 281 g/mol. The lowest BCUT2D eigenvalue weighted by Crippen LogP contribution is -2.43. The van der Waals surface area contributed by atoms with Crippen LogP contribution in [0.4, 0.5) is 5.82 Å². The Morgan fingerprint density at radius 1 is 1.40 bits per heavy atom. The summed E-state index contributed by atoms with van der Waals surface area (Å²) >= 11 is 0. The van der Waals surface area contributed by atoms with Gasteiger partial charge in [0.1, 0.15) is 29.7 Å². The van der Waals surface area contributed by atoms with Crippen molar-refractivity contribution in [2.24, 2.45) is 0 Å². The molecule has 9 heteroatoms. The number of ether oxygens (including phenoxy) is 1. The van der Waals surface area contributed by atoms with E-state index in [1.54, 1.807) is 0 Å². The lowest BCUT2D eigenvalue weighted by atomic mass is 9.99. The van der Waals surface area contributed by atoms with Crippen LogP contribution in [0.1, 0.15) is 13.2 Å². The Labute approximate surface area is 113 Å². The molecule has 2 unspecified atom stereocenters. The van der Waals surface area contributed by atoms with Gasteiger partial charge in [-0.2, -0.15) is 0 Å². The van der Waals surface area contributed by atoms with Gasteiger partial charge in [0.05, 0.1) is 12.9 Å². The minimum atomic E-state index is -1.25. The van der Waals surface area contributed by atoms with Gasteiger partial charge >= 0.3 is 0 Å². The highest BCUT2D eigenvalue weighted by Crippen LogP contribution is 2.37. The first kappa shape index (κ1) is 13.2. The molecule has 9 nitrogen and oxygen atoms in total. The summed E-state index contributed by atoms with van der Waals surface area (Å²) in [6.45, 7) is 1.09. The molecule has 0 saturated carbocycles. The molecule has 1 fully saturated rings. The van der Waals surface area contributed by atoms with Gasteiger partial charge in [0.2, 0.25) is 0 Å². The molecule has 3 rings (SSSR count). The first-order valence-electron chi connectivity index (χ1n) is 6.06. The van der Waals surface area contributed by atoms with Crippen molar-refractivity contribution < 1.29 is 20.1 Å². The predicted molar refractivity (Wildman–Crippen MR) is 67.4 cm³/mol. The van der Waals surface area contributed by atoms with Crippen LogP contribution in [0.15, 0.2) is 12.7 Å². The zero-order valence-electron chi connectivity index (χ0n) is 10.7. The second-order valence-electron chi connectivity index (χ2n) is 5.00. The lowest BCUT2D eigenvalue weighted by molar-refractivity contribution is -0.115. The van der Waals surface area contributed by atoms with Crippen molar-refractivity contribution in [3.63, 3.8) is 0 Å². The number of aromatic nitrogens is 4. The predicted octanol–water partition coefficient (Wildman–Crippen LogP) is -1.59. The lowest BCUT2D eigenvalue weighted by Gasteiger charge is -2.24. The number of fused-ring (bicyclic) bond motifs is 1. The monoisotopic (exact) mass is 281 g/mol. The zero-order chi connectivity index (χ0) is 14.5. The molecule has 0 spiro atoms. The average Bonchev–Trinajstić information content (AvgIpc) is 2.96. The number of hydrogen-bond donors (Lipinski definition) is 4. The number of rotatable bonds is 2. The third-order valence-electron chi connectivity index (χ3n) is 3.61. The topological polar surface area (TPSA) is 140 Å². The van der Waals surface area contributed by atoms with Gasteiger partial charge in [0, 0.05) is 0 Å². The van der Waals surface area contributed by atoms with Crippen LogP contribution in [-0.4, -0.2) is 59.3 Å². The number of aliphatic hydroxyl groups excluding tert-OH is 3. The largest absolute Gasteiger partial charge is 0.393 e. The van der Waals surface area contributed by atoms with Gasteiger partial charge in [-0.1, -0.05) is 0 Å². The van der Waals surface area contributed by atoms with Crippen molar-refractivity contribution in [2.75, 3.05) is 12.3 Å². The van der Waals surface area contributed by atoms with E-state index in [1.165, 1.54) is 24.1 Å². The van der Waals surface area contributed by atoms with Crippen molar-refractivity contribution in [3.8, 4) is 0 Å². The molecule has 1 aliphatic heterocycles. The van der Waals surface area contributed by atoms with Gasteiger partial charge in [0.25, 0.3) is 0 Å². The van der Waals surface area contributed by atoms with Crippen LogP contribution in [-0.2, 0) is 4.74 Å². The second-order valence-corrected chi connectivity index (χ2v) is 5.00. The van der Waals surface area contributed by atoms with Crippen LogP contribution in [0, 0.1) is 0 Å². The maximum Gasteiger partial charge on any atom is 0.167 e. The number of nitrogens with zero attached hydrogens (tertiary/aromatic N) is 4. The minimum absolute atomic E-state index is 0.215. The summed E-state index contributed by atoms with van der Waals surface area (Å²) in [6, 6.07) is 0. The van der Waals surface area contributed by atoms with E-state index in [9.17, 15) is 15.3 Å². The molecule has 4 atom stereocenters. The molecule has 2 aromatic heterocycles. The Kier molecular flexibility index (Phi) is 2.87. The fourth-order valence-corrected chi connectivity index (χ4v) is 2.34. The summed E-state index contributed by atoms with van der Waals surface area (Å²) in [5.41, 5.74) is 5.21. The molecule has 2 aromatic rings. The molecule has 0 radical (unpaired) electrons. The van der Waals surface area contributed by atoms with Crippen LogP contribution in [0.2, 0.25) is 0 Å². The van der Waals surface area contributed by atoms with E-state index in [0.717, 1.165) is 0 Å². The number of imidazole rings is 1. The van der Waals surface area contributed by atoms with Crippen LogP contribution < -0.4 is 5.73 Å². The smallest absolute Gasteiger partial charge is 0.167 e. The fraction of sp³-hybridized carbons (Fsp3) is 0.545. The van der Waals surface area contributed by atoms with E-state index < -0.39 is 30.6 Å². The summed E-state index contributed by atoms with van der Waals surface area (Å²) in [6.07, 6.45) is -0.686. The normalized spacial score (nSPS) is 33.9. The third-order valence-corrected chi connectivity index (χ3v) is 3.61. The highest BCUT2D eigenvalue weighted by molar-refractivity contribution is 5.81. The summed E-state index contributed by atoms with van der Waals surface area (Å²) < 4.78 is 7.05. The van der Waals surface area contributed by atoms with Crippen molar-refractivity contribution in [1.82, 2.24) is 19.5 Å². The van der Waals surface area contributed by atoms with Crippen LogP contribution in [0.3, 0.4) is 0 Å². The first-order valence-corrected chi connectivity index (χ1v) is 6.06. The second kappa shape index (κ2) is 4.35. The van der Waals surface area contributed by atoms with Crippen LogP contribution in [0.5, 0.6) is 0 Å². The number of nitrogens with two attached hydrogens (primary N) is 1. The van der Waals surface area contributed by atoms with Gasteiger partial charge in [-0.15, -0.1) is 0 Å². The molecule has 0 aliphatic carbocycles. The standard InChI is InChI=1S/C11H15N5O4/c1-11(2-17)7(19)6(18)10(20-11)16-4-15-5-8(12)13-3-14-9(5)16/h3-4,6-7,10,17-19H,2H2,1H3,(H2,12,13,14)/t6?,7?,10-,11-/m1/s1. The molecule has 3 heterocycles. The first-order chi connectivity index (χ1) is 9.48. The van der Waals surface area contributed by atoms with E-state index in [4.69, 9.17) is 10.5 Å². The van der Waals surface area contributed by atoms with Crippen LogP contribution in [0.25, 0.3) is 11.2 Å². The Hall–Kier alpha value is -1.81. The maximum atomic E-state index is 10.1. The van der Waals surface area contributed by atoms with Gasteiger partial charge < -0.3 is 25.8 Å². The van der Waals surface area contributed by atoms with Crippen LogP contribution >= 0.6 is 0 Å². The number of aliphatic hydroxyl groups is 3. The SMILES string of the molecule is C[C@]1(CO)O[C@@H](n2cnc3c(N)ncnc32)C(O)C1O. The van der Waals surface area contributed by atoms with Gasteiger partial charge in [-0.05, 0) is 6.92 Å². The zero-order valence-corrected chi connectivity index (χ0v) is 10.7. The van der Waals surface area contributed by atoms with E-state index in [-0.39, 0.29) is 5.82 Å². The van der Waals surface area contributed by atoms with Crippen molar-refractivity contribution in [1.29, 1.82) is 0 Å². The number of nitrogen functional groups attached to an aromatic ring is 1. The summed E-state index contributed by atoms with van der Waals surface area (Å²) in [4.78, 5) is 12.0. The van der Waals surface area contributed by atoms with Crippen molar-refractivity contribution in [3.05, 3.63) is 12.7 Å². The van der Waals surface area contributed by atoms with Gasteiger partial charge in [0.15, 0.2) is 17.7 Å². The molecule has 0 amide bonds. The molecule has 5 N–H and O–H groups in total. The minimum Gasteiger partial charge on any atom is -0.393 e. The molecule has 0 aromatic carbocycles. The molecule has 108 valence electrons. The fourth-order valence-electron chi connectivity index (χ4n) is 2.34. The quantitative estimate of drug-likeness (QED) is 0.516. The van der Waals surface area contributed by atoms with Crippen molar-refractivity contribution in [2.45, 2.75) is 31.0 Å². The Balaban J connectivity index is 2.06. The molecular formula is C11H15N5O4. The Morgan fingerprint density at radius 2 is 2.15 bits per heavy atom. The highest BCUT2D eigenvalue weighted by Gasteiger charge is 2.52. The summed E-state index contributed by atoms with van der Waals surface area (Å²) in [5.74, 6) is 0.215. The Morgan fingerprint density at radius 3 is 2.80 bits per heavy atom. The molecule has 20 heavy (non-hydrogen) atoms. The molecule has 1 aliphatic rings. The molecular weight excluding hydrogens is 266 g/mol. The van der Waals surface area contributed by atoms with E-state index in [2.05, 4.69) is 15.0 Å². The maximum absolute atomic E-state index is 10.1. The van der Waals surface area contributed by atoms with Crippen molar-refractivity contribution >= 4 is 17.0 Å². The number of hydrogen-bond acceptors (Lipinski definition) is 8. The molecule has 1 saturated heterocycles. The number of anilines is 1. The summed E-state index contributed by atoms with van der Waals surface area (Å²) in [5, 5.41) is 29.4. The van der Waals surface area contributed by atoms with Gasteiger partial charge in [-0.3, -0.25) is 4.57 Å². The summed E-state index contributed by atoms with van der Waals surface area (Å²) in [7, 11) is 0. The Bertz CT molecular complexity index is 647. The van der Waals surface area contributed by atoms with E-state index in [0.29, 0.717) is 11.2 Å².